The molecule has 2 amide bonds. The molecule has 1 saturated heterocycles. The van der Waals surface area contributed by atoms with Crippen LogP contribution in [0.15, 0.2) is 48.3 Å². The molecule has 0 bridgehead atoms. The average molecular weight is 556 g/mol. The lowest BCUT2D eigenvalue weighted by Gasteiger charge is -2.32. The van der Waals surface area contributed by atoms with Crippen molar-refractivity contribution in [2.24, 2.45) is 0 Å². The first-order valence-electron chi connectivity index (χ1n) is 12.8. The number of nitrogens with zero attached hydrogens (tertiary/aromatic N) is 5. The summed E-state index contributed by atoms with van der Waals surface area (Å²) in [7, 11) is 1.49. The number of fused-ring (bicyclic) bond motifs is 1. The molecule has 2 aliphatic rings. The van der Waals surface area contributed by atoms with Gasteiger partial charge in [0, 0.05) is 55.2 Å². The monoisotopic (exact) mass is 555 g/mol. The number of pyridine rings is 2. The number of methoxy groups -OCH3 is 1. The Morgan fingerprint density at radius 2 is 1.98 bits per heavy atom. The number of carbonyl (C=O) groups is 2. The van der Waals surface area contributed by atoms with Crippen molar-refractivity contribution < 1.29 is 27.5 Å². The summed E-state index contributed by atoms with van der Waals surface area (Å²) in [6.45, 7) is 1.21. The van der Waals surface area contributed by atoms with Crippen molar-refractivity contribution >= 4 is 40.1 Å². The summed E-state index contributed by atoms with van der Waals surface area (Å²) >= 11 is 0. The zero-order valence-corrected chi connectivity index (χ0v) is 21.7. The van der Waals surface area contributed by atoms with Gasteiger partial charge < -0.3 is 20.7 Å². The van der Waals surface area contributed by atoms with E-state index in [9.17, 15) is 22.8 Å². The molecule has 0 saturated carbocycles. The smallest absolute Gasteiger partial charge is 0.382 e. The van der Waals surface area contributed by atoms with Crippen molar-refractivity contribution in [1.29, 1.82) is 0 Å². The number of hydrogen-bond acceptors (Lipinski definition) is 7. The van der Waals surface area contributed by atoms with Crippen LogP contribution < -0.4 is 11.1 Å². The number of carbonyl (C=O) groups excluding carboxylic acids is 2. The van der Waals surface area contributed by atoms with E-state index >= 15 is 0 Å². The molecule has 4 heterocycles. The molecular formula is C27H28F3N7O3. The fraction of sp³-hybridized carbons (Fsp3) is 0.370. The summed E-state index contributed by atoms with van der Waals surface area (Å²) in [5.74, 6) is -0.465. The van der Waals surface area contributed by atoms with Gasteiger partial charge in [-0.15, -0.1) is 0 Å². The third kappa shape index (κ3) is 5.55. The molecule has 0 aromatic carbocycles. The first-order valence-corrected chi connectivity index (χ1v) is 12.8. The maximum absolute atomic E-state index is 13.0. The molecule has 3 aromatic rings. The van der Waals surface area contributed by atoms with Crippen molar-refractivity contribution in [3.05, 3.63) is 59.6 Å². The molecule has 0 unspecified atom stereocenters. The van der Waals surface area contributed by atoms with Crippen LogP contribution in [0.25, 0.3) is 16.6 Å². The van der Waals surface area contributed by atoms with Crippen LogP contribution >= 0.6 is 0 Å². The van der Waals surface area contributed by atoms with Crippen LogP contribution in [-0.2, 0) is 20.5 Å². The predicted octanol–water partition coefficient (Wildman–Crippen LogP) is 3.98. The van der Waals surface area contributed by atoms with Gasteiger partial charge in [-0.05, 0) is 50.0 Å². The minimum Gasteiger partial charge on any atom is -0.382 e. The van der Waals surface area contributed by atoms with Crippen molar-refractivity contribution in [3.8, 4) is 0 Å². The van der Waals surface area contributed by atoms with E-state index in [1.165, 1.54) is 7.11 Å². The fourth-order valence-electron chi connectivity index (χ4n) is 5.13. The SMILES string of the molecule is COCC(=O)N1CCC[C@@H](c2nn(C3=CC=C(C(=O)Nc4cc(C(F)(F)F)ccn4)CC3)c3c(N)nccc23)C1. The van der Waals surface area contributed by atoms with Gasteiger partial charge >= 0.3 is 6.18 Å². The van der Waals surface area contributed by atoms with Gasteiger partial charge in [0.15, 0.2) is 0 Å². The van der Waals surface area contributed by atoms with Gasteiger partial charge in [-0.2, -0.15) is 18.3 Å². The topological polar surface area (TPSA) is 128 Å². The number of nitrogen functional groups attached to an aromatic ring is 1. The molecule has 1 aliphatic heterocycles. The van der Waals surface area contributed by atoms with Crippen molar-refractivity contribution in [2.45, 2.75) is 37.8 Å². The highest BCUT2D eigenvalue weighted by molar-refractivity contribution is 6.04. The molecule has 1 fully saturated rings. The van der Waals surface area contributed by atoms with Crippen molar-refractivity contribution in [2.75, 3.05) is 37.9 Å². The van der Waals surface area contributed by atoms with Gasteiger partial charge in [0.25, 0.3) is 5.91 Å². The second kappa shape index (κ2) is 11.1. The number of nitrogens with one attached hydrogen (secondary N) is 1. The number of piperidine rings is 1. The highest BCUT2D eigenvalue weighted by Crippen LogP contribution is 2.36. The van der Waals surface area contributed by atoms with Crippen LogP contribution in [0.3, 0.4) is 0 Å². The van der Waals surface area contributed by atoms with E-state index in [0.29, 0.717) is 42.8 Å². The van der Waals surface area contributed by atoms with E-state index in [1.54, 1.807) is 27.9 Å². The van der Waals surface area contributed by atoms with Crippen LogP contribution in [0.1, 0.15) is 42.9 Å². The van der Waals surface area contributed by atoms with Crippen molar-refractivity contribution in [1.82, 2.24) is 24.6 Å². The van der Waals surface area contributed by atoms with Gasteiger partial charge in [0.05, 0.1) is 11.3 Å². The number of amides is 2. The number of anilines is 2. The third-order valence-corrected chi connectivity index (χ3v) is 7.10. The largest absolute Gasteiger partial charge is 0.416 e. The fourth-order valence-corrected chi connectivity index (χ4v) is 5.13. The van der Waals surface area contributed by atoms with E-state index < -0.39 is 17.6 Å². The van der Waals surface area contributed by atoms with Crippen LogP contribution in [0.2, 0.25) is 0 Å². The lowest BCUT2D eigenvalue weighted by atomic mass is 9.93. The number of nitrogens with two attached hydrogens (primary N) is 1. The van der Waals surface area contributed by atoms with Crippen LogP contribution in [0.5, 0.6) is 0 Å². The maximum Gasteiger partial charge on any atom is 0.416 e. The Kier molecular flexibility index (Phi) is 7.57. The Morgan fingerprint density at radius 3 is 2.70 bits per heavy atom. The summed E-state index contributed by atoms with van der Waals surface area (Å²) in [6.07, 6.45) is 3.91. The molecule has 210 valence electrons. The summed E-state index contributed by atoms with van der Waals surface area (Å²) in [5, 5.41) is 8.22. The second-order valence-corrected chi connectivity index (χ2v) is 9.73. The Morgan fingerprint density at radius 1 is 1.18 bits per heavy atom. The van der Waals surface area contributed by atoms with Crippen molar-refractivity contribution in [3.63, 3.8) is 0 Å². The number of halogens is 3. The Bertz CT molecular complexity index is 1510. The zero-order valence-electron chi connectivity index (χ0n) is 21.7. The van der Waals surface area contributed by atoms with Gasteiger partial charge in [-0.3, -0.25) is 9.59 Å². The third-order valence-electron chi connectivity index (χ3n) is 7.10. The van der Waals surface area contributed by atoms with Crippen LogP contribution in [-0.4, -0.2) is 63.3 Å². The molecular weight excluding hydrogens is 527 g/mol. The molecule has 10 nitrogen and oxygen atoms in total. The molecule has 3 N–H and O–H groups in total. The van der Waals surface area contributed by atoms with Crippen LogP contribution in [0, 0.1) is 0 Å². The van der Waals surface area contributed by atoms with Gasteiger partial charge in [-0.1, -0.05) is 6.08 Å². The minimum atomic E-state index is -4.54. The summed E-state index contributed by atoms with van der Waals surface area (Å²) in [4.78, 5) is 35.1. The molecule has 40 heavy (non-hydrogen) atoms. The van der Waals surface area contributed by atoms with Gasteiger partial charge in [0.1, 0.15) is 23.8 Å². The number of likely N-dealkylation sites (tertiary alicyclic amines) is 1. The zero-order chi connectivity index (χ0) is 28.4. The first-order chi connectivity index (χ1) is 19.2. The molecule has 1 atom stereocenters. The predicted molar refractivity (Wildman–Crippen MR) is 142 cm³/mol. The second-order valence-electron chi connectivity index (χ2n) is 9.73. The molecule has 5 rings (SSSR count). The highest BCUT2D eigenvalue weighted by atomic mass is 19.4. The lowest BCUT2D eigenvalue weighted by Crippen LogP contribution is -2.41. The number of allylic oxidation sites excluding steroid dienone is 3. The number of aromatic nitrogens is 4. The van der Waals surface area contributed by atoms with E-state index in [1.807, 2.05) is 6.07 Å². The number of ether oxygens (including phenoxy) is 1. The number of alkyl halides is 3. The van der Waals surface area contributed by atoms with Gasteiger partial charge in [-0.25, -0.2) is 14.6 Å². The van der Waals surface area contributed by atoms with E-state index in [-0.39, 0.29) is 24.2 Å². The normalized spacial score (nSPS) is 17.9. The summed E-state index contributed by atoms with van der Waals surface area (Å²) < 4.78 is 45.8. The lowest BCUT2D eigenvalue weighted by molar-refractivity contribution is -0.138. The molecule has 0 spiro atoms. The summed E-state index contributed by atoms with van der Waals surface area (Å²) in [5.41, 5.74) is 8.04. The van der Waals surface area contributed by atoms with E-state index in [0.717, 1.165) is 47.9 Å². The Balaban J connectivity index is 1.40. The molecule has 1 aliphatic carbocycles. The van der Waals surface area contributed by atoms with Crippen LogP contribution in [0.4, 0.5) is 24.8 Å². The molecule has 13 heteroatoms. The maximum atomic E-state index is 13.0. The average Bonchev–Trinajstić information content (AvgIpc) is 3.34. The number of hydrogen-bond donors (Lipinski definition) is 2. The highest BCUT2D eigenvalue weighted by Gasteiger charge is 2.32. The number of rotatable bonds is 6. The van der Waals surface area contributed by atoms with Gasteiger partial charge in [0.2, 0.25) is 5.91 Å². The van der Waals surface area contributed by atoms with E-state index in [4.69, 9.17) is 15.6 Å². The Hall–Kier alpha value is -4.26. The molecule has 0 radical (unpaired) electrons. The molecule has 3 aromatic heterocycles. The first kappa shape index (κ1) is 27.3. The quantitative estimate of drug-likeness (QED) is 0.471. The summed E-state index contributed by atoms with van der Waals surface area (Å²) in [6, 6.07) is 3.50. The van der Waals surface area contributed by atoms with E-state index in [2.05, 4.69) is 15.3 Å². The minimum absolute atomic E-state index is 0.00105. The standard InChI is InChI=1S/C27H28F3N7O3/c1-40-15-22(38)36-12-2-3-17(14-36)23-20-9-11-33-25(31)24(20)37(35-23)19-6-4-16(5-7-19)26(39)34-21-13-18(8-10-32-21)27(28,29)30/h4,6,8-11,13,17H,2-3,5,7,12,14-15H2,1H3,(H2,31,33)(H,32,34,39)/t17-/m1/s1. The Labute approximate surface area is 227 Å².